The van der Waals surface area contributed by atoms with E-state index in [0.717, 1.165) is 9.18 Å². The Labute approximate surface area is 179 Å². The number of likely N-dealkylation sites (N-methyl/N-ethyl adjacent to an activating group) is 1. The molecule has 1 aliphatic rings. The fourth-order valence-electron chi connectivity index (χ4n) is 3.20. The minimum Gasteiger partial charge on any atom is -0.350 e. The molecule has 1 aromatic heterocycles. The predicted octanol–water partition coefficient (Wildman–Crippen LogP) is 2.75. The summed E-state index contributed by atoms with van der Waals surface area (Å²) in [6.45, 7) is 1.96. The average Bonchev–Trinajstić information content (AvgIpc) is 3.21. The van der Waals surface area contributed by atoms with Crippen molar-refractivity contribution in [3.63, 3.8) is 0 Å². The molecule has 1 fully saturated rings. The number of nitrogens with one attached hydrogen (secondary N) is 1. The molecule has 0 radical (unpaired) electrons. The number of thiophene rings is 1. The lowest BCUT2D eigenvalue weighted by Gasteiger charge is -2.23. The molecule has 10 heteroatoms. The van der Waals surface area contributed by atoms with Crippen LogP contribution in [0.15, 0.2) is 35.7 Å². The van der Waals surface area contributed by atoms with Crippen LogP contribution in [0.25, 0.3) is 0 Å². The molecule has 1 aliphatic heterocycles. The molecule has 3 rings (SSSR count). The van der Waals surface area contributed by atoms with Gasteiger partial charge in [-0.15, -0.1) is 11.3 Å². The number of rotatable bonds is 6. The molecule has 1 aromatic carbocycles. The first-order valence-electron chi connectivity index (χ1n) is 8.96. The summed E-state index contributed by atoms with van der Waals surface area (Å²) in [4.78, 5) is 28.0. The average molecular weight is 456 g/mol. The second kappa shape index (κ2) is 8.43. The van der Waals surface area contributed by atoms with Gasteiger partial charge in [-0.25, -0.2) is 12.7 Å². The molecule has 156 valence electrons. The molecule has 2 atom stereocenters. The van der Waals surface area contributed by atoms with Crippen LogP contribution in [0.1, 0.15) is 28.2 Å². The van der Waals surface area contributed by atoms with Gasteiger partial charge in [0.05, 0.1) is 34.0 Å². The number of benzene rings is 1. The Hall–Kier alpha value is -1.94. The third-order valence-corrected chi connectivity index (χ3v) is 7.90. The molecule has 1 saturated heterocycles. The van der Waals surface area contributed by atoms with E-state index < -0.39 is 21.8 Å². The third kappa shape index (κ3) is 4.48. The highest BCUT2D eigenvalue weighted by atomic mass is 35.5. The van der Waals surface area contributed by atoms with Crippen molar-refractivity contribution in [1.82, 2.24) is 10.2 Å². The van der Waals surface area contributed by atoms with Crippen molar-refractivity contribution in [3.05, 3.63) is 51.2 Å². The maximum absolute atomic E-state index is 12.6. The van der Waals surface area contributed by atoms with Crippen LogP contribution < -0.4 is 9.62 Å². The van der Waals surface area contributed by atoms with E-state index in [4.69, 9.17) is 11.6 Å². The van der Waals surface area contributed by atoms with E-state index in [1.54, 1.807) is 18.3 Å². The van der Waals surface area contributed by atoms with Gasteiger partial charge >= 0.3 is 0 Å². The van der Waals surface area contributed by atoms with Crippen LogP contribution in [-0.4, -0.2) is 51.5 Å². The second-order valence-electron chi connectivity index (χ2n) is 7.15. The molecule has 29 heavy (non-hydrogen) atoms. The highest BCUT2D eigenvalue weighted by Gasteiger charge is 2.42. The molecule has 0 bridgehead atoms. The zero-order valence-corrected chi connectivity index (χ0v) is 18.6. The number of carbonyl (C=O) groups excluding carboxylic acids is 2. The van der Waals surface area contributed by atoms with Gasteiger partial charge in [-0.2, -0.15) is 0 Å². The zero-order chi connectivity index (χ0) is 21.3. The fraction of sp³-hybridized carbons (Fsp3) is 0.368. The van der Waals surface area contributed by atoms with Crippen LogP contribution >= 0.6 is 22.9 Å². The highest BCUT2D eigenvalue weighted by molar-refractivity contribution is 7.94. The summed E-state index contributed by atoms with van der Waals surface area (Å²) in [7, 11) is 0.150. The molecule has 7 nitrogen and oxygen atoms in total. The molecular formula is C19H22ClN3O4S2. The lowest BCUT2D eigenvalue weighted by atomic mass is 10.1. The van der Waals surface area contributed by atoms with Crippen LogP contribution in [0, 0.1) is 5.92 Å². The number of hydrogen-bond acceptors (Lipinski definition) is 6. The Morgan fingerprint density at radius 3 is 2.62 bits per heavy atom. The van der Waals surface area contributed by atoms with Crippen molar-refractivity contribution in [2.24, 2.45) is 5.92 Å². The third-order valence-electron chi connectivity index (χ3n) is 4.74. The molecule has 0 aliphatic carbocycles. The lowest BCUT2D eigenvalue weighted by Crippen LogP contribution is -2.34. The number of halogens is 1. The van der Waals surface area contributed by atoms with Crippen molar-refractivity contribution in [1.29, 1.82) is 0 Å². The Morgan fingerprint density at radius 1 is 1.38 bits per heavy atom. The number of nitrogens with zero attached hydrogens (tertiary/aromatic N) is 2. The number of hydrogen-bond donors (Lipinski definition) is 1. The summed E-state index contributed by atoms with van der Waals surface area (Å²) in [5.41, 5.74) is 0.363. The fourth-order valence-corrected chi connectivity index (χ4v) is 6.20. The Morgan fingerprint density at radius 2 is 2.10 bits per heavy atom. The van der Waals surface area contributed by atoms with Crippen molar-refractivity contribution in [2.45, 2.75) is 13.0 Å². The first kappa shape index (κ1) is 21.8. The van der Waals surface area contributed by atoms with Gasteiger partial charge in [-0.1, -0.05) is 24.6 Å². The van der Waals surface area contributed by atoms with Gasteiger partial charge in [0, 0.05) is 11.4 Å². The van der Waals surface area contributed by atoms with Gasteiger partial charge in [-0.3, -0.25) is 9.59 Å². The smallest absolute Gasteiger partial charge is 0.252 e. The minimum absolute atomic E-state index is 0.0193. The molecule has 1 N–H and O–H groups in total. The number of sulfonamides is 1. The second-order valence-corrected chi connectivity index (χ2v) is 10.4. The van der Waals surface area contributed by atoms with Crippen molar-refractivity contribution in [3.8, 4) is 0 Å². The maximum atomic E-state index is 12.6. The van der Waals surface area contributed by atoms with Gasteiger partial charge < -0.3 is 10.2 Å². The normalized spacial score (nSPS) is 19.6. The molecule has 2 unspecified atom stereocenters. The predicted molar refractivity (Wildman–Crippen MR) is 115 cm³/mol. The molecular weight excluding hydrogens is 434 g/mol. The summed E-state index contributed by atoms with van der Waals surface area (Å²) in [5, 5.41) is 4.94. The molecule has 2 aromatic rings. The Balaban J connectivity index is 1.76. The van der Waals surface area contributed by atoms with Gasteiger partial charge in [0.1, 0.15) is 0 Å². The van der Waals surface area contributed by atoms with Crippen LogP contribution in [-0.2, 0) is 14.8 Å². The van der Waals surface area contributed by atoms with Gasteiger partial charge in [0.25, 0.3) is 5.91 Å². The van der Waals surface area contributed by atoms with Crippen molar-refractivity contribution < 1.29 is 18.0 Å². The van der Waals surface area contributed by atoms with E-state index in [0.29, 0.717) is 6.54 Å². The molecule has 0 saturated carbocycles. The summed E-state index contributed by atoms with van der Waals surface area (Å²) >= 11 is 7.87. The van der Waals surface area contributed by atoms with Crippen LogP contribution in [0.2, 0.25) is 5.02 Å². The van der Waals surface area contributed by atoms with Gasteiger partial charge in [0.15, 0.2) is 0 Å². The van der Waals surface area contributed by atoms with Crippen LogP contribution in [0.5, 0.6) is 0 Å². The number of anilines is 1. The molecule has 2 heterocycles. The maximum Gasteiger partial charge on any atom is 0.252 e. The number of amides is 2. The van der Waals surface area contributed by atoms with Gasteiger partial charge in [0.2, 0.25) is 15.9 Å². The largest absolute Gasteiger partial charge is 0.350 e. The number of carbonyl (C=O) groups is 2. The topological polar surface area (TPSA) is 86.8 Å². The quantitative estimate of drug-likeness (QED) is 0.723. The monoisotopic (exact) mass is 455 g/mol. The SMILES string of the molecule is CC1CS(=O)(=O)N(c2ccc(C(=O)NCC(c3cccs3)N(C)C)c(Cl)c2)C1=O. The first-order chi connectivity index (χ1) is 13.6. The van der Waals surface area contributed by atoms with Crippen LogP contribution in [0.3, 0.4) is 0 Å². The van der Waals surface area contributed by atoms with Crippen molar-refractivity contribution >= 4 is 50.5 Å². The Bertz CT molecular complexity index is 1020. The zero-order valence-electron chi connectivity index (χ0n) is 16.3. The standard InChI is InChI=1S/C19H22ClN3O4S2/c1-12-11-29(26,27)23(19(12)25)13-6-7-14(15(20)9-13)18(24)21-10-16(22(2)3)17-5-4-8-28-17/h4-9,12,16H,10-11H2,1-3H3,(H,21,24). The summed E-state index contributed by atoms with van der Waals surface area (Å²) < 4.78 is 25.3. The van der Waals surface area contributed by atoms with E-state index in [1.165, 1.54) is 18.2 Å². The summed E-state index contributed by atoms with van der Waals surface area (Å²) in [5.74, 6) is -1.71. The van der Waals surface area contributed by atoms with E-state index in [9.17, 15) is 18.0 Å². The molecule has 2 amide bonds. The van der Waals surface area contributed by atoms with E-state index >= 15 is 0 Å². The van der Waals surface area contributed by atoms with Crippen molar-refractivity contribution in [2.75, 3.05) is 30.7 Å². The lowest BCUT2D eigenvalue weighted by molar-refractivity contribution is -0.119. The van der Waals surface area contributed by atoms with E-state index in [-0.39, 0.29) is 34.0 Å². The highest BCUT2D eigenvalue weighted by Crippen LogP contribution is 2.31. The van der Waals surface area contributed by atoms with E-state index in [1.807, 2.05) is 36.5 Å². The van der Waals surface area contributed by atoms with E-state index in [2.05, 4.69) is 5.32 Å². The summed E-state index contributed by atoms with van der Waals surface area (Å²) in [6.07, 6.45) is 0. The molecule has 0 spiro atoms. The van der Waals surface area contributed by atoms with Gasteiger partial charge in [-0.05, 0) is 43.7 Å². The summed E-state index contributed by atoms with van der Waals surface area (Å²) in [6, 6.07) is 8.20. The Kier molecular flexibility index (Phi) is 6.33. The first-order valence-corrected chi connectivity index (χ1v) is 11.8. The minimum atomic E-state index is -3.72. The van der Waals surface area contributed by atoms with Crippen LogP contribution in [0.4, 0.5) is 5.69 Å².